The molecule has 0 atom stereocenters. The maximum atomic E-state index is 11.8. The monoisotopic (exact) mass is 266 g/mol. The number of nitrogens with zero attached hydrogens (tertiary/aromatic N) is 1. The highest BCUT2D eigenvalue weighted by atomic mass is 16.5. The third kappa shape index (κ3) is 5.81. The topological polar surface area (TPSA) is 57.2 Å². The lowest BCUT2D eigenvalue weighted by Crippen LogP contribution is -2.10. The summed E-state index contributed by atoms with van der Waals surface area (Å²) in [4.78, 5) is 11.8. The smallest absolute Gasteiger partial charge is 0.355 e. The summed E-state index contributed by atoms with van der Waals surface area (Å²) in [5, 5.41) is 0. The zero-order valence-electron chi connectivity index (χ0n) is 12.2. The van der Waals surface area contributed by atoms with Crippen molar-refractivity contribution in [3.8, 4) is 0 Å². The molecule has 0 aliphatic heterocycles. The standard InChI is InChI=1S/C15H26N2O2/c1-3-4-5-6-7-8-9-10-19-15(18)14-11-13(16)12-17(14)2/h11-12H,3-10,16H2,1-2H3. The lowest BCUT2D eigenvalue weighted by molar-refractivity contribution is 0.0486. The molecule has 1 heterocycles. The predicted octanol–water partition coefficient (Wildman–Crippen LogP) is 3.51. The zero-order chi connectivity index (χ0) is 14.1. The van der Waals surface area contributed by atoms with Crippen LogP contribution in [0, 0.1) is 0 Å². The fourth-order valence-electron chi connectivity index (χ4n) is 2.09. The van der Waals surface area contributed by atoms with E-state index in [9.17, 15) is 4.79 Å². The predicted molar refractivity (Wildman–Crippen MR) is 78.1 cm³/mol. The van der Waals surface area contributed by atoms with E-state index in [1.54, 1.807) is 23.9 Å². The molecule has 1 aromatic rings. The molecule has 0 radical (unpaired) electrons. The van der Waals surface area contributed by atoms with Gasteiger partial charge in [-0.3, -0.25) is 0 Å². The number of hydrogen-bond acceptors (Lipinski definition) is 3. The fourth-order valence-corrected chi connectivity index (χ4v) is 2.09. The van der Waals surface area contributed by atoms with Crippen LogP contribution < -0.4 is 5.73 Å². The van der Waals surface area contributed by atoms with Crippen LogP contribution in [-0.2, 0) is 11.8 Å². The van der Waals surface area contributed by atoms with Crippen LogP contribution in [0.2, 0.25) is 0 Å². The van der Waals surface area contributed by atoms with E-state index in [4.69, 9.17) is 10.5 Å². The molecule has 0 amide bonds. The van der Waals surface area contributed by atoms with E-state index in [-0.39, 0.29) is 5.97 Å². The Balaban J connectivity index is 2.09. The van der Waals surface area contributed by atoms with Crippen LogP contribution in [0.25, 0.3) is 0 Å². The minimum atomic E-state index is -0.287. The minimum Gasteiger partial charge on any atom is -0.461 e. The van der Waals surface area contributed by atoms with E-state index in [0.717, 1.165) is 12.8 Å². The summed E-state index contributed by atoms with van der Waals surface area (Å²) in [6.07, 6.45) is 10.2. The molecule has 0 saturated heterocycles. The van der Waals surface area contributed by atoms with Crippen molar-refractivity contribution in [3.63, 3.8) is 0 Å². The van der Waals surface area contributed by atoms with Gasteiger partial charge in [-0.15, -0.1) is 0 Å². The molecule has 0 spiro atoms. The molecular formula is C15H26N2O2. The number of aromatic nitrogens is 1. The number of hydrogen-bond donors (Lipinski definition) is 1. The van der Waals surface area contributed by atoms with Gasteiger partial charge < -0.3 is 15.0 Å². The Morgan fingerprint density at radius 2 is 1.84 bits per heavy atom. The Bertz CT molecular complexity index is 385. The van der Waals surface area contributed by atoms with E-state index in [1.807, 2.05) is 0 Å². The van der Waals surface area contributed by atoms with Crippen LogP contribution in [0.5, 0.6) is 0 Å². The first kappa shape index (κ1) is 15.6. The summed E-state index contributed by atoms with van der Waals surface area (Å²) in [7, 11) is 1.79. The highest BCUT2D eigenvalue weighted by molar-refractivity contribution is 5.89. The van der Waals surface area contributed by atoms with Crippen molar-refractivity contribution in [2.45, 2.75) is 51.9 Å². The number of nitrogen functional groups attached to an aromatic ring is 1. The van der Waals surface area contributed by atoms with Gasteiger partial charge in [0.1, 0.15) is 5.69 Å². The number of rotatable bonds is 9. The second-order valence-corrected chi connectivity index (χ2v) is 5.03. The number of carbonyl (C=O) groups is 1. The number of ether oxygens (including phenoxy) is 1. The van der Waals surface area contributed by atoms with E-state index >= 15 is 0 Å². The van der Waals surface area contributed by atoms with Gasteiger partial charge in [-0.2, -0.15) is 0 Å². The van der Waals surface area contributed by atoms with Gasteiger partial charge in [-0.25, -0.2) is 4.79 Å². The maximum absolute atomic E-state index is 11.8. The first-order chi connectivity index (χ1) is 9.15. The second kappa shape index (κ2) is 8.62. The largest absolute Gasteiger partial charge is 0.461 e. The molecule has 1 rings (SSSR count). The number of anilines is 1. The lowest BCUT2D eigenvalue weighted by Gasteiger charge is -2.05. The maximum Gasteiger partial charge on any atom is 0.355 e. The number of aryl methyl sites for hydroxylation is 1. The quantitative estimate of drug-likeness (QED) is 0.549. The van der Waals surface area contributed by atoms with E-state index in [0.29, 0.717) is 18.0 Å². The summed E-state index contributed by atoms with van der Waals surface area (Å²) in [6.45, 7) is 2.72. The molecule has 108 valence electrons. The van der Waals surface area contributed by atoms with Crippen LogP contribution in [0.1, 0.15) is 62.4 Å². The molecule has 0 bridgehead atoms. The molecule has 4 heteroatoms. The third-order valence-corrected chi connectivity index (χ3v) is 3.22. The van der Waals surface area contributed by atoms with Crippen LogP contribution in [0.4, 0.5) is 5.69 Å². The summed E-state index contributed by atoms with van der Waals surface area (Å²) >= 11 is 0. The Morgan fingerprint density at radius 1 is 1.21 bits per heavy atom. The summed E-state index contributed by atoms with van der Waals surface area (Å²) < 4.78 is 6.93. The average molecular weight is 266 g/mol. The minimum absolute atomic E-state index is 0.287. The van der Waals surface area contributed by atoms with Crippen molar-refractivity contribution in [1.82, 2.24) is 4.57 Å². The molecule has 0 saturated carbocycles. The molecule has 0 unspecified atom stereocenters. The van der Waals surface area contributed by atoms with Gasteiger partial charge in [0.15, 0.2) is 0 Å². The number of nitrogens with two attached hydrogens (primary N) is 1. The molecule has 0 fully saturated rings. The Kier molecular flexibility index (Phi) is 7.08. The van der Waals surface area contributed by atoms with E-state index in [1.165, 1.54) is 32.1 Å². The fraction of sp³-hybridized carbons (Fsp3) is 0.667. The normalized spacial score (nSPS) is 10.6. The van der Waals surface area contributed by atoms with Crippen molar-refractivity contribution >= 4 is 11.7 Å². The van der Waals surface area contributed by atoms with Gasteiger partial charge in [-0.05, 0) is 12.5 Å². The summed E-state index contributed by atoms with van der Waals surface area (Å²) in [5.41, 5.74) is 6.73. The third-order valence-electron chi connectivity index (χ3n) is 3.22. The van der Waals surface area contributed by atoms with Crippen molar-refractivity contribution < 1.29 is 9.53 Å². The molecule has 19 heavy (non-hydrogen) atoms. The molecule has 2 N–H and O–H groups in total. The second-order valence-electron chi connectivity index (χ2n) is 5.03. The van der Waals surface area contributed by atoms with Crippen LogP contribution in [-0.4, -0.2) is 17.1 Å². The highest BCUT2D eigenvalue weighted by Gasteiger charge is 2.11. The zero-order valence-corrected chi connectivity index (χ0v) is 12.2. The summed E-state index contributed by atoms with van der Waals surface area (Å²) in [6, 6.07) is 1.65. The molecule has 0 aliphatic rings. The van der Waals surface area contributed by atoms with Crippen LogP contribution >= 0.6 is 0 Å². The van der Waals surface area contributed by atoms with E-state index < -0.39 is 0 Å². The van der Waals surface area contributed by atoms with Gasteiger partial charge in [0, 0.05) is 13.2 Å². The van der Waals surface area contributed by atoms with Gasteiger partial charge in [-0.1, -0.05) is 45.4 Å². The van der Waals surface area contributed by atoms with Crippen LogP contribution in [0.15, 0.2) is 12.3 Å². The molecular weight excluding hydrogens is 240 g/mol. The Morgan fingerprint density at radius 3 is 2.42 bits per heavy atom. The van der Waals surface area contributed by atoms with Gasteiger partial charge in [0.2, 0.25) is 0 Å². The number of esters is 1. The van der Waals surface area contributed by atoms with Crippen molar-refractivity contribution in [2.24, 2.45) is 7.05 Å². The van der Waals surface area contributed by atoms with Gasteiger partial charge >= 0.3 is 5.97 Å². The molecule has 0 aliphatic carbocycles. The van der Waals surface area contributed by atoms with Crippen LogP contribution in [0.3, 0.4) is 0 Å². The Hall–Kier alpha value is -1.45. The SMILES string of the molecule is CCCCCCCCCOC(=O)c1cc(N)cn1C. The van der Waals surface area contributed by atoms with Crippen molar-refractivity contribution in [1.29, 1.82) is 0 Å². The first-order valence-electron chi connectivity index (χ1n) is 7.24. The average Bonchev–Trinajstić information content (AvgIpc) is 2.71. The lowest BCUT2D eigenvalue weighted by atomic mass is 10.1. The van der Waals surface area contributed by atoms with Crippen molar-refractivity contribution in [3.05, 3.63) is 18.0 Å². The van der Waals surface area contributed by atoms with Gasteiger partial charge in [0.25, 0.3) is 0 Å². The molecule has 0 aromatic carbocycles. The number of unbranched alkanes of at least 4 members (excludes halogenated alkanes) is 6. The highest BCUT2D eigenvalue weighted by Crippen LogP contribution is 2.11. The van der Waals surface area contributed by atoms with Crippen molar-refractivity contribution in [2.75, 3.05) is 12.3 Å². The van der Waals surface area contributed by atoms with Gasteiger partial charge in [0.05, 0.1) is 12.3 Å². The molecule has 1 aromatic heterocycles. The summed E-state index contributed by atoms with van der Waals surface area (Å²) in [5.74, 6) is -0.287. The Labute approximate surface area is 115 Å². The first-order valence-corrected chi connectivity index (χ1v) is 7.24. The number of carbonyl (C=O) groups excluding carboxylic acids is 1. The molecule has 4 nitrogen and oxygen atoms in total. The van der Waals surface area contributed by atoms with E-state index in [2.05, 4.69) is 6.92 Å².